The van der Waals surface area contributed by atoms with Gasteiger partial charge in [-0.3, -0.25) is 14.5 Å². The van der Waals surface area contributed by atoms with E-state index >= 15 is 0 Å². The van der Waals surface area contributed by atoms with E-state index in [2.05, 4.69) is 46.8 Å². The number of para-hydroxylation sites is 1. The van der Waals surface area contributed by atoms with Gasteiger partial charge >= 0.3 is 0 Å². The largest absolute Gasteiger partial charge is 0.361 e. The lowest BCUT2D eigenvalue weighted by atomic mass is 9.77. The van der Waals surface area contributed by atoms with Gasteiger partial charge in [-0.25, -0.2) is 0 Å². The van der Waals surface area contributed by atoms with Crippen LogP contribution < -0.4 is 5.73 Å². The summed E-state index contributed by atoms with van der Waals surface area (Å²) in [6.07, 6.45) is 7.63. The van der Waals surface area contributed by atoms with Crippen LogP contribution in [0, 0.1) is 13.8 Å². The summed E-state index contributed by atoms with van der Waals surface area (Å²) in [6.45, 7) is 9.98. The summed E-state index contributed by atoms with van der Waals surface area (Å²) in [5, 5.41) is 0.887. The molecule has 2 fully saturated rings. The highest BCUT2D eigenvalue weighted by atomic mass is 16.2. The number of aryl methyl sites for hydroxylation is 2. The van der Waals surface area contributed by atoms with Crippen LogP contribution in [0.3, 0.4) is 0 Å². The van der Waals surface area contributed by atoms with E-state index in [1.165, 1.54) is 37.3 Å². The summed E-state index contributed by atoms with van der Waals surface area (Å²) >= 11 is 0. The van der Waals surface area contributed by atoms with E-state index in [1.807, 2.05) is 37.5 Å². The predicted molar refractivity (Wildman–Crippen MR) is 161 cm³/mol. The van der Waals surface area contributed by atoms with Crippen LogP contribution >= 0.6 is 0 Å². The number of aromatic nitrogens is 1. The second-order valence-electron chi connectivity index (χ2n) is 12.1. The number of nitrogens with zero attached hydrogens (tertiary/aromatic N) is 3. The van der Waals surface area contributed by atoms with E-state index in [0.717, 1.165) is 55.5 Å². The van der Waals surface area contributed by atoms with Crippen LogP contribution in [0.25, 0.3) is 10.9 Å². The third kappa shape index (κ3) is 5.47. The molecule has 2 aliphatic heterocycles. The summed E-state index contributed by atoms with van der Waals surface area (Å²) in [5.41, 5.74) is 10.8. The van der Waals surface area contributed by atoms with Crippen molar-refractivity contribution in [1.29, 1.82) is 0 Å². The lowest BCUT2D eigenvalue weighted by Crippen LogP contribution is -2.67. The standard InChI is InChI=1S/C33H45N5O2/c1-23-12-13-26(20-24(23)2)22-36(4)32(40)31(38-18-14-27(15-19-38)37-16-8-5-9-17-37)33(34,25(3)39)29-21-35-30-11-7-6-10-28(29)30/h6-7,10-13,20-21,27,31,35H,5,8-9,14-19,22,34H2,1-4H3. The van der Waals surface area contributed by atoms with Crippen molar-refractivity contribution in [1.82, 2.24) is 19.7 Å². The summed E-state index contributed by atoms with van der Waals surface area (Å²) in [5.74, 6) is -0.314. The summed E-state index contributed by atoms with van der Waals surface area (Å²) in [6, 6.07) is 13.9. The molecule has 0 bridgehead atoms. The second-order valence-corrected chi connectivity index (χ2v) is 12.1. The van der Waals surface area contributed by atoms with Crippen molar-refractivity contribution in [2.45, 2.75) is 77.0 Å². The summed E-state index contributed by atoms with van der Waals surface area (Å²) in [7, 11) is 1.83. The molecular formula is C33H45N5O2. The van der Waals surface area contributed by atoms with Crippen LogP contribution in [0.1, 0.15) is 61.3 Å². The molecular weight excluding hydrogens is 498 g/mol. The molecule has 2 aromatic carbocycles. The Morgan fingerprint density at radius 1 is 1.02 bits per heavy atom. The number of benzene rings is 2. The summed E-state index contributed by atoms with van der Waals surface area (Å²) < 4.78 is 0. The second kappa shape index (κ2) is 11.9. The minimum Gasteiger partial charge on any atom is -0.361 e. The highest BCUT2D eigenvalue weighted by Crippen LogP contribution is 2.36. The summed E-state index contributed by atoms with van der Waals surface area (Å²) in [4.78, 5) is 38.0. The molecule has 1 amide bonds. The van der Waals surface area contributed by atoms with Gasteiger partial charge in [0.1, 0.15) is 11.6 Å². The Kier molecular flexibility index (Phi) is 8.45. The Morgan fingerprint density at radius 2 is 1.73 bits per heavy atom. The number of fused-ring (bicyclic) bond motifs is 1. The van der Waals surface area contributed by atoms with Crippen LogP contribution in [-0.4, -0.2) is 76.7 Å². The molecule has 0 spiro atoms. The van der Waals surface area contributed by atoms with Crippen LogP contribution in [-0.2, 0) is 21.7 Å². The van der Waals surface area contributed by atoms with Gasteiger partial charge in [-0.05, 0) is 82.3 Å². The number of Topliss-reactive ketones (excluding diaryl/α,β-unsaturated/α-hetero) is 1. The maximum Gasteiger partial charge on any atom is 0.242 e. The molecule has 0 aliphatic carbocycles. The highest BCUT2D eigenvalue weighted by molar-refractivity contribution is 6.00. The first-order chi connectivity index (χ1) is 19.2. The van der Waals surface area contributed by atoms with Crippen molar-refractivity contribution in [2.75, 3.05) is 33.2 Å². The van der Waals surface area contributed by atoms with Gasteiger partial charge in [0.25, 0.3) is 0 Å². The van der Waals surface area contributed by atoms with Crippen molar-refractivity contribution >= 4 is 22.6 Å². The molecule has 0 saturated carbocycles. The first-order valence-electron chi connectivity index (χ1n) is 14.9. The smallest absolute Gasteiger partial charge is 0.242 e. The zero-order valence-corrected chi connectivity index (χ0v) is 24.6. The number of ketones is 1. The fraction of sp³-hybridized carbons (Fsp3) is 0.515. The third-order valence-corrected chi connectivity index (χ3v) is 9.42. The number of carbonyl (C=O) groups is 2. The van der Waals surface area contributed by atoms with E-state index in [4.69, 9.17) is 5.73 Å². The minimum absolute atomic E-state index is 0.113. The van der Waals surface area contributed by atoms with Crippen LogP contribution in [0.4, 0.5) is 0 Å². The topological polar surface area (TPSA) is 85.7 Å². The maximum atomic E-state index is 14.5. The quantitative estimate of drug-likeness (QED) is 0.437. The molecule has 3 aromatic rings. The number of likely N-dealkylation sites (N-methyl/N-ethyl adjacent to an activating group) is 1. The molecule has 2 unspecified atom stereocenters. The van der Waals surface area contributed by atoms with E-state index < -0.39 is 11.6 Å². The molecule has 2 saturated heterocycles. The Labute approximate surface area is 238 Å². The molecule has 7 heteroatoms. The average molecular weight is 544 g/mol. The normalized spacial score (nSPS) is 19.8. The zero-order chi connectivity index (χ0) is 28.4. The van der Waals surface area contributed by atoms with Gasteiger partial charge in [-0.2, -0.15) is 0 Å². The average Bonchev–Trinajstić information content (AvgIpc) is 3.40. The number of rotatable bonds is 8. The number of aromatic amines is 1. The highest BCUT2D eigenvalue weighted by Gasteiger charge is 2.51. The van der Waals surface area contributed by atoms with Gasteiger partial charge in [0.2, 0.25) is 5.91 Å². The van der Waals surface area contributed by atoms with E-state index in [-0.39, 0.29) is 11.7 Å². The predicted octanol–water partition coefficient (Wildman–Crippen LogP) is 4.51. The van der Waals surface area contributed by atoms with Gasteiger partial charge in [-0.15, -0.1) is 0 Å². The lowest BCUT2D eigenvalue weighted by molar-refractivity contribution is -0.145. The fourth-order valence-electron chi connectivity index (χ4n) is 6.84. The van der Waals surface area contributed by atoms with Crippen molar-refractivity contribution in [3.05, 3.63) is 70.9 Å². The van der Waals surface area contributed by atoms with Crippen LogP contribution in [0.2, 0.25) is 0 Å². The number of nitrogens with one attached hydrogen (secondary N) is 1. The molecule has 7 nitrogen and oxygen atoms in total. The molecule has 3 N–H and O–H groups in total. The molecule has 40 heavy (non-hydrogen) atoms. The fourth-order valence-corrected chi connectivity index (χ4v) is 6.84. The first kappa shape index (κ1) is 28.5. The number of H-pyrrole nitrogens is 1. The molecule has 1 aromatic heterocycles. The zero-order valence-electron chi connectivity index (χ0n) is 24.6. The van der Waals surface area contributed by atoms with Crippen molar-refractivity contribution < 1.29 is 9.59 Å². The number of piperidine rings is 2. The SMILES string of the molecule is CC(=O)C(N)(c1c[nH]c2ccccc12)C(C(=O)N(C)Cc1ccc(C)c(C)c1)N1CCC(N2CCCCC2)CC1. The molecule has 5 rings (SSSR count). The number of amides is 1. The Bertz CT molecular complexity index is 1350. The molecule has 214 valence electrons. The monoisotopic (exact) mass is 543 g/mol. The number of nitrogens with two attached hydrogens (primary N) is 1. The number of likely N-dealkylation sites (tertiary alicyclic amines) is 2. The van der Waals surface area contributed by atoms with E-state index in [9.17, 15) is 9.59 Å². The molecule has 2 aliphatic rings. The molecule has 0 radical (unpaired) electrons. The Morgan fingerprint density at radius 3 is 2.40 bits per heavy atom. The van der Waals surface area contributed by atoms with E-state index in [0.29, 0.717) is 18.2 Å². The molecule has 2 atom stereocenters. The van der Waals surface area contributed by atoms with Crippen molar-refractivity contribution in [3.63, 3.8) is 0 Å². The van der Waals surface area contributed by atoms with E-state index in [1.54, 1.807) is 4.90 Å². The maximum absolute atomic E-state index is 14.5. The van der Waals surface area contributed by atoms with Crippen molar-refractivity contribution in [2.24, 2.45) is 5.73 Å². The van der Waals surface area contributed by atoms with Gasteiger partial charge in [0.15, 0.2) is 5.78 Å². The van der Waals surface area contributed by atoms with Crippen LogP contribution in [0.5, 0.6) is 0 Å². The Balaban J connectivity index is 1.49. The van der Waals surface area contributed by atoms with Crippen molar-refractivity contribution in [3.8, 4) is 0 Å². The number of hydrogen-bond acceptors (Lipinski definition) is 5. The number of hydrogen-bond donors (Lipinski definition) is 2. The number of carbonyl (C=O) groups excluding carboxylic acids is 2. The Hall–Kier alpha value is -3.00. The first-order valence-corrected chi connectivity index (χ1v) is 14.9. The van der Waals surface area contributed by atoms with Gasteiger partial charge in [-0.1, -0.05) is 42.8 Å². The third-order valence-electron chi connectivity index (χ3n) is 9.42. The minimum atomic E-state index is -1.49. The van der Waals surface area contributed by atoms with Crippen LogP contribution in [0.15, 0.2) is 48.7 Å². The van der Waals surface area contributed by atoms with Gasteiger partial charge < -0.3 is 20.5 Å². The molecule has 3 heterocycles. The van der Waals surface area contributed by atoms with Gasteiger partial charge in [0, 0.05) is 55.4 Å². The van der Waals surface area contributed by atoms with Gasteiger partial charge in [0.05, 0.1) is 0 Å². The lowest BCUT2D eigenvalue weighted by Gasteiger charge is -2.47.